The highest BCUT2D eigenvalue weighted by atomic mass is 32.2. The Kier molecular flexibility index (Phi) is 5.36. The lowest BCUT2D eigenvalue weighted by Gasteiger charge is -2.43. The largest absolute Gasteiger partial charge is 0.284 e. The summed E-state index contributed by atoms with van der Waals surface area (Å²) in [4.78, 5) is 17.2. The van der Waals surface area contributed by atoms with Crippen LogP contribution in [0.4, 0.5) is 0 Å². The molecule has 23 heavy (non-hydrogen) atoms. The van der Waals surface area contributed by atoms with Gasteiger partial charge in [-0.3, -0.25) is 9.80 Å². The van der Waals surface area contributed by atoms with Crippen LogP contribution in [-0.4, -0.2) is 46.0 Å². The van der Waals surface area contributed by atoms with Crippen molar-refractivity contribution in [2.75, 3.05) is 19.6 Å². The lowest BCUT2D eigenvalue weighted by molar-refractivity contribution is -0.123. The molecule has 1 saturated carbocycles. The van der Waals surface area contributed by atoms with E-state index in [1.165, 1.54) is 32.1 Å². The first-order chi connectivity index (χ1) is 11.0. The fourth-order valence-electron chi connectivity index (χ4n) is 4.16. The summed E-state index contributed by atoms with van der Waals surface area (Å²) in [6.07, 6.45) is 8.52. The highest BCUT2D eigenvalue weighted by Crippen LogP contribution is 2.46. The average Bonchev–Trinajstić information content (AvgIpc) is 2.78. The van der Waals surface area contributed by atoms with Crippen LogP contribution in [0.2, 0.25) is 0 Å². The summed E-state index contributed by atoms with van der Waals surface area (Å²) in [5.74, 6) is 0.264. The van der Waals surface area contributed by atoms with E-state index in [1.807, 2.05) is 11.8 Å². The van der Waals surface area contributed by atoms with Crippen molar-refractivity contribution in [3.63, 3.8) is 0 Å². The van der Waals surface area contributed by atoms with Crippen LogP contribution in [0.15, 0.2) is 4.99 Å². The van der Waals surface area contributed by atoms with Gasteiger partial charge in [-0.15, -0.1) is 0 Å². The summed E-state index contributed by atoms with van der Waals surface area (Å²) in [6.45, 7) is 9.86. The number of aliphatic imine (C=N–C) groups is 1. The number of carbonyl (C=O) groups is 1. The van der Waals surface area contributed by atoms with Gasteiger partial charge in [0.05, 0.1) is 5.92 Å². The van der Waals surface area contributed by atoms with E-state index in [2.05, 4.69) is 35.8 Å². The van der Waals surface area contributed by atoms with Crippen LogP contribution in [-0.2, 0) is 4.79 Å². The normalized spacial score (nSPS) is 32.0. The minimum absolute atomic E-state index is 0.129. The molecule has 1 amide bonds. The number of amides is 1. The van der Waals surface area contributed by atoms with Crippen molar-refractivity contribution >= 4 is 22.8 Å². The summed E-state index contributed by atoms with van der Waals surface area (Å²) in [6, 6.07) is 0. The first-order valence-electron chi connectivity index (χ1n) is 9.32. The van der Waals surface area contributed by atoms with Gasteiger partial charge in [0, 0.05) is 24.9 Å². The molecule has 2 aliphatic heterocycles. The van der Waals surface area contributed by atoms with Crippen LogP contribution < -0.4 is 0 Å². The van der Waals surface area contributed by atoms with Crippen LogP contribution in [0.1, 0.15) is 65.7 Å². The van der Waals surface area contributed by atoms with Gasteiger partial charge in [0.25, 0.3) is 5.91 Å². The minimum atomic E-state index is 0.129. The smallest absolute Gasteiger partial charge is 0.252 e. The molecular formula is C18H31N3OS. The first-order valence-corrected chi connectivity index (χ1v) is 10.2. The van der Waals surface area contributed by atoms with Gasteiger partial charge in [-0.05, 0) is 44.4 Å². The molecule has 0 spiro atoms. The lowest BCUT2D eigenvalue weighted by atomic mass is 9.71. The van der Waals surface area contributed by atoms with Gasteiger partial charge in [0.15, 0.2) is 5.17 Å². The minimum Gasteiger partial charge on any atom is -0.284 e. The Labute approximate surface area is 145 Å². The first kappa shape index (κ1) is 17.3. The zero-order valence-corrected chi connectivity index (χ0v) is 15.7. The lowest BCUT2D eigenvalue weighted by Crippen LogP contribution is -2.49. The maximum Gasteiger partial charge on any atom is 0.252 e. The van der Waals surface area contributed by atoms with Gasteiger partial charge < -0.3 is 0 Å². The fraction of sp³-hybridized carbons (Fsp3) is 0.889. The summed E-state index contributed by atoms with van der Waals surface area (Å²) < 4.78 is 0. The van der Waals surface area contributed by atoms with E-state index in [-0.39, 0.29) is 11.8 Å². The number of hydrogen-bond acceptors (Lipinski definition) is 4. The van der Waals surface area contributed by atoms with Gasteiger partial charge in [-0.25, -0.2) is 5.01 Å². The van der Waals surface area contributed by atoms with Crippen LogP contribution >= 0.6 is 11.8 Å². The molecule has 3 aliphatic rings. The number of thioether (sulfide) groups is 1. The number of nitrogens with zero attached hydrogens (tertiary/aromatic N) is 3. The third-order valence-corrected chi connectivity index (χ3v) is 6.93. The number of carbonyl (C=O) groups excluding carboxylic acids is 1. The fourth-order valence-corrected chi connectivity index (χ4v) is 5.55. The van der Waals surface area contributed by atoms with Crippen molar-refractivity contribution in [1.29, 1.82) is 0 Å². The van der Waals surface area contributed by atoms with E-state index in [9.17, 15) is 4.79 Å². The topological polar surface area (TPSA) is 35.9 Å². The van der Waals surface area contributed by atoms with E-state index in [0.29, 0.717) is 10.7 Å². The van der Waals surface area contributed by atoms with Crippen molar-refractivity contribution in [3.05, 3.63) is 0 Å². The Morgan fingerprint density at radius 2 is 1.96 bits per heavy atom. The summed E-state index contributed by atoms with van der Waals surface area (Å²) in [5, 5.41) is 6.10. The Morgan fingerprint density at radius 1 is 1.26 bits per heavy atom. The number of hydrogen-bond donors (Lipinski definition) is 0. The quantitative estimate of drug-likeness (QED) is 0.765. The van der Waals surface area contributed by atoms with Crippen LogP contribution in [0, 0.1) is 11.3 Å². The second-order valence-electron chi connectivity index (χ2n) is 7.99. The molecule has 4 nitrogen and oxygen atoms in total. The molecule has 2 unspecified atom stereocenters. The molecule has 3 rings (SSSR count). The Bertz CT molecular complexity index is 469. The molecule has 2 heterocycles. The highest BCUT2D eigenvalue weighted by molar-refractivity contribution is 8.14. The molecule has 0 aromatic carbocycles. The molecule has 0 radical (unpaired) electrons. The maximum absolute atomic E-state index is 12.7. The van der Waals surface area contributed by atoms with Gasteiger partial charge in [0.2, 0.25) is 0 Å². The molecule has 2 fully saturated rings. The highest BCUT2D eigenvalue weighted by Gasteiger charge is 2.43. The standard InChI is InChI=1S/C18H31N3OS/c1-4-21(20-11-7-5-6-8-12-20)17-19-16(22)14-13-18(2,3)10-9-15(14)23-17/h14-15H,4-13H2,1-3H3. The molecule has 1 saturated heterocycles. The summed E-state index contributed by atoms with van der Waals surface area (Å²) in [7, 11) is 0. The zero-order valence-electron chi connectivity index (χ0n) is 14.9. The molecule has 130 valence electrons. The average molecular weight is 338 g/mol. The van der Waals surface area contributed by atoms with Crippen molar-refractivity contribution in [2.45, 2.75) is 71.0 Å². The summed E-state index contributed by atoms with van der Waals surface area (Å²) in [5.41, 5.74) is 0.291. The second kappa shape index (κ2) is 7.14. The number of rotatable bonds is 2. The third kappa shape index (κ3) is 3.93. The van der Waals surface area contributed by atoms with Crippen LogP contribution in [0.5, 0.6) is 0 Å². The molecule has 0 aromatic heterocycles. The predicted octanol–water partition coefficient (Wildman–Crippen LogP) is 3.92. The van der Waals surface area contributed by atoms with Gasteiger partial charge in [0.1, 0.15) is 0 Å². The van der Waals surface area contributed by atoms with E-state index in [0.717, 1.165) is 37.6 Å². The van der Waals surface area contributed by atoms with Crippen molar-refractivity contribution in [1.82, 2.24) is 10.0 Å². The molecule has 5 heteroatoms. The molecule has 0 N–H and O–H groups in total. The third-order valence-electron chi connectivity index (χ3n) is 5.55. The molecular weight excluding hydrogens is 306 g/mol. The van der Waals surface area contributed by atoms with Gasteiger partial charge in [-0.2, -0.15) is 4.99 Å². The van der Waals surface area contributed by atoms with E-state index in [1.54, 1.807) is 0 Å². The molecule has 0 aromatic rings. The van der Waals surface area contributed by atoms with Gasteiger partial charge in [-0.1, -0.05) is 38.5 Å². The summed E-state index contributed by atoms with van der Waals surface area (Å²) >= 11 is 1.87. The number of amidine groups is 1. The second-order valence-corrected chi connectivity index (χ2v) is 9.19. The Morgan fingerprint density at radius 3 is 2.61 bits per heavy atom. The Hall–Kier alpha value is -0.550. The van der Waals surface area contributed by atoms with Crippen LogP contribution in [0.3, 0.4) is 0 Å². The predicted molar refractivity (Wildman–Crippen MR) is 97.4 cm³/mol. The number of fused-ring (bicyclic) bond motifs is 1. The SMILES string of the molecule is CCN(C1=NC(=O)C2CC(C)(C)CCC2S1)N1CCCCCC1. The van der Waals surface area contributed by atoms with Crippen LogP contribution in [0.25, 0.3) is 0 Å². The monoisotopic (exact) mass is 337 g/mol. The molecule has 2 atom stereocenters. The van der Waals surface area contributed by atoms with Crippen molar-refractivity contribution in [2.24, 2.45) is 16.3 Å². The van der Waals surface area contributed by atoms with E-state index >= 15 is 0 Å². The maximum atomic E-state index is 12.7. The van der Waals surface area contributed by atoms with Gasteiger partial charge >= 0.3 is 0 Å². The molecule has 1 aliphatic carbocycles. The van der Waals surface area contributed by atoms with Crippen molar-refractivity contribution < 1.29 is 4.79 Å². The van der Waals surface area contributed by atoms with E-state index < -0.39 is 0 Å². The molecule has 0 bridgehead atoms. The van der Waals surface area contributed by atoms with Crippen molar-refractivity contribution in [3.8, 4) is 0 Å². The van der Waals surface area contributed by atoms with E-state index in [4.69, 9.17) is 0 Å². The zero-order chi connectivity index (χ0) is 16.4. The number of hydrazine groups is 1. The Balaban J connectivity index is 1.75.